The summed E-state index contributed by atoms with van der Waals surface area (Å²) in [6.07, 6.45) is 3.70. The van der Waals surface area contributed by atoms with Crippen molar-refractivity contribution in [3.8, 4) is 6.07 Å². The van der Waals surface area contributed by atoms with E-state index in [0.717, 1.165) is 11.1 Å². The first-order valence-electron chi connectivity index (χ1n) is 5.02. The molecular weight excluding hydrogens is 200 g/mol. The van der Waals surface area contributed by atoms with Gasteiger partial charge in [-0.25, -0.2) is 0 Å². The second kappa shape index (κ2) is 4.60. The van der Waals surface area contributed by atoms with Crippen molar-refractivity contribution >= 4 is 0 Å². The molecule has 0 saturated carbocycles. The van der Waals surface area contributed by atoms with E-state index in [1.165, 1.54) is 0 Å². The van der Waals surface area contributed by atoms with Crippen LogP contribution in [-0.2, 0) is 13.1 Å². The van der Waals surface area contributed by atoms with Crippen molar-refractivity contribution < 1.29 is 0 Å². The molecule has 0 aliphatic heterocycles. The zero-order valence-electron chi connectivity index (χ0n) is 8.80. The van der Waals surface area contributed by atoms with Crippen LogP contribution in [0.5, 0.6) is 0 Å². The summed E-state index contributed by atoms with van der Waals surface area (Å²) < 4.78 is 1.84. The van der Waals surface area contributed by atoms with Gasteiger partial charge in [0.15, 0.2) is 0 Å². The summed E-state index contributed by atoms with van der Waals surface area (Å²) in [7, 11) is 0. The maximum absolute atomic E-state index is 8.67. The number of hydrogen-bond donors (Lipinski definition) is 1. The topological polar surface area (TPSA) is 67.6 Å². The molecule has 0 aliphatic rings. The molecule has 0 amide bonds. The van der Waals surface area contributed by atoms with E-state index in [9.17, 15) is 0 Å². The normalized spacial score (nSPS) is 10.0. The van der Waals surface area contributed by atoms with Crippen LogP contribution in [0.25, 0.3) is 0 Å². The molecule has 1 aromatic heterocycles. The molecule has 0 bridgehead atoms. The lowest BCUT2D eigenvalue weighted by Gasteiger charge is -2.01. The summed E-state index contributed by atoms with van der Waals surface area (Å²) in [4.78, 5) is 0. The molecule has 1 aromatic carbocycles. The molecular formula is C12H12N4. The monoisotopic (exact) mass is 212 g/mol. The van der Waals surface area contributed by atoms with Crippen molar-refractivity contribution in [2.24, 2.45) is 5.73 Å². The highest BCUT2D eigenvalue weighted by atomic mass is 15.3. The third-order valence-electron chi connectivity index (χ3n) is 2.35. The van der Waals surface area contributed by atoms with Gasteiger partial charge in [0.2, 0.25) is 0 Å². The van der Waals surface area contributed by atoms with Gasteiger partial charge in [0.25, 0.3) is 0 Å². The zero-order chi connectivity index (χ0) is 11.4. The van der Waals surface area contributed by atoms with Gasteiger partial charge < -0.3 is 5.73 Å². The lowest BCUT2D eigenvalue weighted by atomic mass is 10.1. The van der Waals surface area contributed by atoms with Gasteiger partial charge in [-0.3, -0.25) is 4.68 Å². The molecule has 1 heterocycles. The number of nitrogens with two attached hydrogens (primary N) is 1. The first-order valence-corrected chi connectivity index (χ1v) is 5.02. The van der Waals surface area contributed by atoms with E-state index < -0.39 is 0 Å². The second-order valence-electron chi connectivity index (χ2n) is 3.56. The van der Waals surface area contributed by atoms with Gasteiger partial charge in [0.05, 0.1) is 24.4 Å². The van der Waals surface area contributed by atoms with E-state index in [4.69, 9.17) is 11.0 Å². The molecule has 0 unspecified atom stereocenters. The van der Waals surface area contributed by atoms with Crippen molar-refractivity contribution in [1.82, 2.24) is 9.78 Å². The van der Waals surface area contributed by atoms with Crippen LogP contribution in [0.4, 0.5) is 0 Å². The van der Waals surface area contributed by atoms with E-state index in [2.05, 4.69) is 11.2 Å². The summed E-state index contributed by atoms with van der Waals surface area (Å²) in [6, 6.07) is 9.57. The Morgan fingerprint density at radius 1 is 1.25 bits per heavy atom. The van der Waals surface area contributed by atoms with E-state index in [0.29, 0.717) is 18.7 Å². The first kappa shape index (κ1) is 10.4. The molecule has 0 atom stereocenters. The highest BCUT2D eigenvalue weighted by Gasteiger charge is 1.98. The minimum Gasteiger partial charge on any atom is -0.326 e. The quantitative estimate of drug-likeness (QED) is 0.832. The van der Waals surface area contributed by atoms with Crippen LogP contribution in [0, 0.1) is 11.3 Å². The van der Waals surface area contributed by atoms with Crippen LogP contribution >= 0.6 is 0 Å². The van der Waals surface area contributed by atoms with E-state index >= 15 is 0 Å². The van der Waals surface area contributed by atoms with Crippen LogP contribution in [0.2, 0.25) is 0 Å². The van der Waals surface area contributed by atoms with Gasteiger partial charge in [-0.2, -0.15) is 10.4 Å². The molecule has 2 aromatic rings. The first-order chi connectivity index (χ1) is 7.81. The molecule has 0 saturated heterocycles. The Morgan fingerprint density at radius 2 is 2.00 bits per heavy atom. The second-order valence-corrected chi connectivity index (χ2v) is 3.56. The summed E-state index contributed by atoms with van der Waals surface area (Å²) in [5, 5.41) is 12.9. The lowest BCUT2D eigenvalue weighted by molar-refractivity contribution is 0.686. The Morgan fingerprint density at radius 3 is 2.56 bits per heavy atom. The molecule has 4 nitrogen and oxygen atoms in total. The average molecular weight is 212 g/mol. The van der Waals surface area contributed by atoms with Crippen molar-refractivity contribution in [2.75, 3.05) is 0 Å². The van der Waals surface area contributed by atoms with E-state index in [-0.39, 0.29) is 0 Å². The number of aromatic nitrogens is 2. The van der Waals surface area contributed by atoms with Crippen molar-refractivity contribution in [2.45, 2.75) is 13.1 Å². The molecule has 4 heteroatoms. The smallest absolute Gasteiger partial charge is 0.0991 e. The Hall–Kier alpha value is -2.12. The van der Waals surface area contributed by atoms with Crippen molar-refractivity contribution in [1.29, 1.82) is 5.26 Å². The SMILES string of the molecule is N#Cc1ccc(Cn2cc(CN)cn2)cc1. The maximum Gasteiger partial charge on any atom is 0.0991 e. The summed E-state index contributed by atoms with van der Waals surface area (Å²) in [5.41, 5.74) is 8.32. The zero-order valence-corrected chi connectivity index (χ0v) is 8.80. The van der Waals surface area contributed by atoms with Crippen molar-refractivity contribution in [3.63, 3.8) is 0 Å². The predicted molar refractivity (Wildman–Crippen MR) is 60.4 cm³/mol. The molecule has 0 fully saturated rings. The fourth-order valence-corrected chi connectivity index (χ4v) is 1.47. The average Bonchev–Trinajstić information content (AvgIpc) is 2.78. The third kappa shape index (κ3) is 2.27. The van der Waals surface area contributed by atoms with Crippen LogP contribution in [-0.4, -0.2) is 9.78 Å². The Balaban J connectivity index is 2.11. The van der Waals surface area contributed by atoms with Gasteiger partial charge in [0, 0.05) is 18.3 Å². The molecule has 80 valence electrons. The number of hydrogen-bond acceptors (Lipinski definition) is 3. The van der Waals surface area contributed by atoms with E-state index in [1.807, 2.05) is 35.1 Å². The Kier molecular flexibility index (Phi) is 2.99. The van der Waals surface area contributed by atoms with E-state index in [1.54, 1.807) is 6.20 Å². The Labute approximate surface area is 93.9 Å². The van der Waals surface area contributed by atoms with Gasteiger partial charge in [-0.15, -0.1) is 0 Å². The highest BCUT2D eigenvalue weighted by molar-refractivity contribution is 5.31. The fourth-order valence-electron chi connectivity index (χ4n) is 1.47. The maximum atomic E-state index is 8.67. The minimum absolute atomic E-state index is 0.507. The van der Waals surface area contributed by atoms with Crippen LogP contribution in [0.15, 0.2) is 36.7 Å². The summed E-state index contributed by atoms with van der Waals surface area (Å²) in [6.45, 7) is 1.21. The number of benzene rings is 1. The predicted octanol–water partition coefficient (Wildman–Crippen LogP) is 1.26. The third-order valence-corrected chi connectivity index (χ3v) is 2.35. The van der Waals surface area contributed by atoms with Gasteiger partial charge >= 0.3 is 0 Å². The van der Waals surface area contributed by atoms with Crippen molar-refractivity contribution in [3.05, 3.63) is 53.3 Å². The fraction of sp³-hybridized carbons (Fsp3) is 0.167. The number of rotatable bonds is 3. The largest absolute Gasteiger partial charge is 0.326 e. The van der Waals surface area contributed by atoms with Gasteiger partial charge in [-0.1, -0.05) is 12.1 Å². The molecule has 2 rings (SSSR count). The molecule has 0 aliphatic carbocycles. The van der Waals surface area contributed by atoms with Gasteiger partial charge in [-0.05, 0) is 17.7 Å². The summed E-state index contributed by atoms with van der Waals surface area (Å²) >= 11 is 0. The Bertz CT molecular complexity index is 505. The van der Waals surface area contributed by atoms with Crippen LogP contribution < -0.4 is 5.73 Å². The standard InChI is InChI=1S/C12H12N4/c13-5-10-1-3-11(4-2-10)8-16-9-12(6-14)7-15-16/h1-4,7,9H,6,8,14H2. The molecule has 0 spiro atoms. The molecule has 2 N–H and O–H groups in total. The lowest BCUT2D eigenvalue weighted by Crippen LogP contribution is -2.00. The van der Waals surface area contributed by atoms with Crippen LogP contribution in [0.1, 0.15) is 16.7 Å². The molecule has 0 radical (unpaired) electrons. The minimum atomic E-state index is 0.507. The molecule has 16 heavy (non-hydrogen) atoms. The number of nitrogens with zero attached hydrogens (tertiary/aromatic N) is 3. The number of nitriles is 1. The highest BCUT2D eigenvalue weighted by Crippen LogP contribution is 2.06. The van der Waals surface area contributed by atoms with Crippen LogP contribution in [0.3, 0.4) is 0 Å². The summed E-state index contributed by atoms with van der Waals surface area (Å²) in [5.74, 6) is 0. The van der Waals surface area contributed by atoms with Gasteiger partial charge in [0.1, 0.15) is 0 Å².